The predicted molar refractivity (Wildman–Crippen MR) is 113 cm³/mol. The first kappa shape index (κ1) is 21.7. The molecule has 0 radical (unpaired) electrons. The number of hydrogen-bond donors (Lipinski definition) is 1. The lowest BCUT2D eigenvalue weighted by atomic mass is 10.1. The molecule has 9 nitrogen and oxygen atoms in total. The lowest BCUT2D eigenvalue weighted by Gasteiger charge is -2.08. The van der Waals surface area contributed by atoms with Crippen molar-refractivity contribution in [2.45, 2.75) is 27.3 Å². The zero-order chi connectivity index (χ0) is 21.8. The van der Waals surface area contributed by atoms with Crippen LogP contribution in [0.2, 0.25) is 0 Å². The van der Waals surface area contributed by atoms with Crippen molar-refractivity contribution in [2.24, 2.45) is 0 Å². The smallest absolute Gasteiger partial charge is 0.348 e. The first-order chi connectivity index (χ1) is 14.4. The van der Waals surface area contributed by atoms with E-state index in [0.717, 1.165) is 11.3 Å². The van der Waals surface area contributed by atoms with Crippen LogP contribution in [0.4, 0.5) is 5.00 Å². The van der Waals surface area contributed by atoms with E-state index in [0.29, 0.717) is 15.8 Å². The summed E-state index contributed by atoms with van der Waals surface area (Å²) in [6.45, 7) is 4.93. The number of ether oxygens (including phenoxy) is 2. The molecular formula is C19H19N3O6S2. The average molecular weight is 450 g/mol. The summed E-state index contributed by atoms with van der Waals surface area (Å²) in [7, 11) is 0. The van der Waals surface area contributed by atoms with Gasteiger partial charge in [-0.3, -0.25) is 14.2 Å². The van der Waals surface area contributed by atoms with Crippen molar-refractivity contribution in [1.82, 2.24) is 9.55 Å². The number of carbonyl (C=O) groups excluding carboxylic acids is 3. The molecular weight excluding hydrogens is 430 g/mol. The Hall–Kier alpha value is -3.05. The number of anilines is 1. The quantitative estimate of drug-likeness (QED) is 0.551. The molecule has 0 saturated carbocycles. The molecule has 0 aliphatic rings. The molecule has 0 bridgehead atoms. The van der Waals surface area contributed by atoms with Crippen LogP contribution >= 0.6 is 22.7 Å². The summed E-state index contributed by atoms with van der Waals surface area (Å²) in [6, 6.07) is 1.65. The van der Waals surface area contributed by atoms with Gasteiger partial charge in [-0.15, -0.1) is 22.7 Å². The zero-order valence-electron chi connectivity index (χ0n) is 16.5. The SMILES string of the molecule is CCOC(=O)c1sc(NC(=O)Cn2cnc3sccc3c2=O)c(C(=O)OCC)c1C. The van der Waals surface area contributed by atoms with Crippen molar-refractivity contribution in [3.63, 3.8) is 0 Å². The highest BCUT2D eigenvalue weighted by Gasteiger charge is 2.27. The van der Waals surface area contributed by atoms with Crippen molar-refractivity contribution in [3.05, 3.63) is 44.1 Å². The molecule has 3 rings (SSSR count). The van der Waals surface area contributed by atoms with E-state index in [9.17, 15) is 19.2 Å². The van der Waals surface area contributed by atoms with Crippen LogP contribution in [-0.2, 0) is 20.8 Å². The van der Waals surface area contributed by atoms with Crippen LogP contribution in [0.3, 0.4) is 0 Å². The van der Waals surface area contributed by atoms with Gasteiger partial charge in [-0.05, 0) is 37.8 Å². The highest BCUT2D eigenvalue weighted by molar-refractivity contribution is 7.18. The molecule has 3 heterocycles. The van der Waals surface area contributed by atoms with Crippen LogP contribution in [0.1, 0.15) is 39.4 Å². The van der Waals surface area contributed by atoms with Crippen molar-refractivity contribution in [3.8, 4) is 0 Å². The van der Waals surface area contributed by atoms with Crippen molar-refractivity contribution in [2.75, 3.05) is 18.5 Å². The zero-order valence-corrected chi connectivity index (χ0v) is 18.1. The molecule has 0 unspecified atom stereocenters. The standard InChI is InChI=1S/C19H19N3O6S2/c1-4-27-18(25)13-10(3)14(19(26)28-5-2)30-16(13)21-12(23)8-22-9-20-15-11(17(22)24)6-7-29-15/h6-7,9H,4-5,8H2,1-3H3,(H,21,23). The van der Waals surface area contributed by atoms with Crippen molar-refractivity contribution < 1.29 is 23.9 Å². The maximum atomic E-state index is 12.6. The summed E-state index contributed by atoms with van der Waals surface area (Å²) < 4.78 is 11.3. The second-order valence-electron chi connectivity index (χ2n) is 6.07. The first-order valence-electron chi connectivity index (χ1n) is 9.07. The number of hydrogen-bond acceptors (Lipinski definition) is 9. The molecule has 0 atom stereocenters. The number of rotatable bonds is 7. The topological polar surface area (TPSA) is 117 Å². The van der Waals surface area contributed by atoms with E-state index in [4.69, 9.17) is 9.47 Å². The van der Waals surface area contributed by atoms with Gasteiger partial charge in [0, 0.05) is 0 Å². The molecule has 3 aromatic rings. The molecule has 1 amide bonds. The van der Waals surface area contributed by atoms with E-state index in [1.165, 1.54) is 22.2 Å². The van der Waals surface area contributed by atoms with Gasteiger partial charge >= 0.3 is 11.9 Å². The minimum Gasteiger partial charge on any atom is -0.462 e. The Balaban J connectivity index is 1.89. The number of nitrogens with zero attached hydrogens (tertiary/aromatic N) is 2. The second-order valence-corrected chi connectivity index (χ2v) is 7.98. The van der Waals surface area contributed by atoms with Crippen LogP contribution in [0.15, 0.2) is 22.6 Å². The van der Waals surface area contributed by atoms with Crippen molar-refractivity contribution >= 4 is 55.7 Å². The number of aromatic nitrogens is 2. The summed E-state index contributed by atoms with van der Waals surface area (Å²) in [5.41, 5.74) is 0.124. The number of amides is 1. The number of fused-ring (bicyclic) bond motifs is 1. The maximum absolute atomic E-state index is 12.6. The molecule has 158 valence electrons. The summed E-state index contributed by atoms with van der Waals surface area (Å²) in [6.07, 6.45) is 1.30. The maximum Gasteiger partial charge on any atom is 0.348 e. The lowest BCUT2D eigenvalue weighted by Crippen LogP contribution is -2.27. The van der Waals surface area contributed by atoms with Gasteiger partial charge in [-0.1, -0.05) is 0 Å². The van der Waals surface area contributed by atoms with Gasteiger partial charge in [0.05, 0.1) is 30.5 Å². The van der Waals surface area contributed by atoms with Gasteiger partial charge in [-0.25, -0.2) is 14.6 Å². The van der Waals surface area contributed by atoms with Crippen LogP contribution in [0.25, 0.3) is 10.2 Å². The molecule has 0 fully saturated rings. The molecule has 0 aliphatic carbocycles. The highest BCUT2D eigenvalue weighted by atomic mass is 32.1. The van der Waals surface area contributed by atoms with Gasteiger partial charge in [-0.2, -0.15) is 0 Å². The van der Waals surface area contributed by atoms with Gasteiger partial charge in [0.15, 0.2) is 0 Å². The molecule has 30 heavy (non-hydrogen) atoms. The molecule has 11 heteroatoms. The third kappa shape index (κ3) is 4.26. The molecule has 3 aromatic heterocycles. The fourth-order valence-electron chi connectivity index (χ4n) is 2.77. The molecule has 0 aromatic carbocycles. The number of thiophene rings is 2. The summed E-state index contributed by atoms with van der Waals surface area (Å²) in [4.78, 5) is 54.6. The van der Waals surface area contributed by atoms with Crippen LogP contribution in [-0.4, -0.2) is 40.6 Å². The number of nitrogens with one attached hydrogen (secondary N) is 1. The fraction of sp³-hybridized carbons (Fsp3) is 0.316. The normalized spacial score (nSPS) is 10.8. The minimum atomic E-state index is -0.657. The van der Waals surface area contributed by atoms with Gasteiger partial charge in [0.25, 0.3) is 5.56 Å². The van der Waals surface area contributed by atoms with E-state index in [1.807, 2.05) is 0 Å². The van der Waals surface area contributed by atoms with E-state index < -0.39 is 17.8 Å². The third-order valence-corrected chi connectivity index (χ3v) is 6.11. The summed E-state index contributed by atoms with van der Waals surface area (Å²) >= 11 is 2.26. The van der Waals surface area contributed by atoms with Crippen LogP contribution in [0, 0.1) is 6.92 Å². The van der Waals surface area contributed by atoms with Crippen LogP contribution < -0.4 is 10.9 Å². The molecule has 0 aliphatic heterocycles. The Labute approximate surface area is 179 Å². The number of carbonyl (C=O) groups is 3. The van der Waals surface area contributed by atoms with E-state index in [-0.39, 0.29) is 40.8 Å². The Morgan fingerprint density at radius 1 is 1.17 bits per heavy atom. The highest BCUT2D eigenvalue weighted by Crippen LogP contribution is 2.34. The van der Waals surface area contributed by atoms with Crippen LogP contribution in [0.5, 0.6) is 0 Å². The molecule has 0 saturated heterocycles. The fourth-order valence-corrected chi connectivity index (χ4v) is 4.60. The second kappa shape index (κ2) is 9.18. The van der Waals surface area contributed by atoms with Gasteiger partial charge in [0.2, 0.25) is 5.91 Å². The van der Waals surface area contributed by atoms with E-state index in [1.54, 1.807) is 32.2 Å². The third-order valence-electron chi connectivity index (χ3n) is 4.10. The predicted octanol–water partition coefficient (Wildman–Crippen LogP) is 2.82. The average Bonchev–Trinajstić information content (AvgIpc) is 3.29. The lowest BCUT2D eigenvalue weighted by molar-refractivity contribution is -0.116. The molecule has 1 N–H and O–H groups in total. The Kier molecular flexibility index (Phi) is 6.63. The van der Waals surface area contributed by atoms with E-state index >= 15 is 0 Å². The first-order valence-corrected chi connectivity index (χ1v) is 10.8. The summed E-state index contributed by atoms with van der Waals surface area (Å²) in [5, 5.41) is 4.96. The van der Waals surface area contributed by atoms with Gasteiger partial charge < -0.3 is 14.8 Å². The minimum absolute atomic E-state index is 0.0945. The van der Waals surface area contributed by atoms with Gasteiger partial charge in [0.1, 0.15) is 21.3 Å². The number of esters is 2. The summed E-state index contributed by atoms with van der Waals surface area (Å²) in [5.74, 6) is -1.79. The Bertz CT molecular complexity index is 1180. The van der Waals surface area contributed by atoms with Crippen molar-refractivity contribution in [1.29, 1.82) is 0 Å². The molecule has 0 spiro atoms. The Morgan fingerprint density at radius 3 is 2.57 bits per heavy atom. The largest absolute Gasteiger partial charge is 0.462 e. The van der Waals surface area contributed by atoms with E-state index in [2.05, 4.69) is 10.3 Å². The monoisotopic (exact) mass is 449 g/mol. The Morgan fingerprint density at radius 2 is 1.87 bits per heavy atom.